The van der Waals surface area contributed by atoms with E-state index in [0.29, 0.717) is 17.1 Å². The quantitative estimate of drug-likeness (QED) is 0.559. The third-order valence-electron chi connectivity index (χ3n) is 5.26. The van der Waals surface area contributed by atoms with Gasteiger partial charge in [0.2, 0.25) is 0 Å². The molecule has 0 atom stereocenters. The lowest BCUT2D eigenvalue weighted by molar-refractivity contribution is -0.115. The van der Waals surface area contributed by atoms with Gasteiger partial charge in [-0.05, 0) is 81.5 Å². The van der Waals surface area contributed by atoms with Gasteiger partial charge in [-0.25, -0.2) is 4.79 Å². The summed E-state index contributed by atoms with van der Waals surface area (Å²) in [5, 5.41) is 11.2. The maximum Gasteiger partial charge on any atom is 0.341 e. The molecule has 2 aromatic rings. The van der Waals surface area contributed by atoms with Crippen molar-refractivity contribution < 1.29 is 14.3 Å². The largest absolute Gasteiger partial charge is 0.462 e. The van der Waals surface area contributed by atoms with Gasteiger partial charge < -0.3 is 14.6 Å². The number of carbonyl (C=O) groups excluding carboxylic acids is 2. The van der Waals surface area contributed by atoms with E-state index >= 15 is 0 Å². The Morgan fingerprint density at radius 3 is 2.79 bits per heavy atom. The molecule has 0 bridgehead atoms. The van der Waals surface area contributed by atoms with Crippen LogP contribution in [0.4, 0.5) is 0 Å². The molecular formula is C21H23N3O3S2. The third-order valence-corrected chi connectivity index (χ3v) is 7.36. The molecule has 8 heteroatoms. The molecule has 0 unspecified atom stereocenters. The molecule has 1 aliphatic heterocycles. The van der Waals surface area contributed by atoms with Crippen LogP contribution in [0.15, 0.2) is 11.0 Å². The van der Waals surface area contributed by atoms with Crippen LogP contribution in [-0.4, -0.2) is 28.2 Å². The van der Waals surface area contributed by atoms with Crippen LogP contribution in [0.3, 0.4) is 0 Å². The highest BCUT2D eigenvalue weighted by Crippen LogP contribution is 2.39. The Hall–Kier alpha value is -2.32. The lowest BCUT2D eigenvalue weighted by atomic mass is 9.95. The number of ether oxygens (including phenoxy) is 1. The first kappa shape index (κ1) is 20.0. The van der Waals surface area contributed by atoms with Crippen molar-refractivity contribution in [3.63, 3.8) is 0 Å². The zero-order valence-electron chi connectivity index (χ0n) is 16.7. The molecule has 2 N–H and O–H groups in total. The lowest BCUT2D eigenvalue weighted by Gasteiger charge is -2.13. The van der Waals surface area contributed by atoms with Gasteiger partial charge in [0.25, 0.3) is 5.91 Å². The molecule has 3 heterocycles. The number of nitrogens with zero attached hydrogens (tertiary/aromatic N) is 1. The van der Waals surface area contributed by atoms with Gasteiger partial charge in [0, 0.05) is 16.3 Å². The minimum atomic E-state index is -0.256. The van der Waals surface area contributed by atoms with E-state index in [1.807, 2.05) is 32.9 Å². The predicted molar refractivity (Wildman–Crippen MR) is 117 cm³/mol. The van der Waals surface area contributed by atoms with Crippen molar-refractivity contribution in [1.82, 2.24) is 9.88 Å². The molecule has 2 aromatic heterocycles. The summed E-state index contributed by atoms with van der Waals surface area (Å²) < 4.78 is 7.50. The molecule has 0 saturated carbocycles. The summed E-state index contributed by atoms with van der Waals surface area (Å²) in [4.78, 5) is 26.6. The fraction of sp³-hybridized carbons (Fsp3) is 0.381. The van der Waals surface area contributed by atoms with E-state index in [2.05, 4.69) is 9.88 Å². The summed E-state index contributed by atoms with van der Waals surface area (Å²) in [7, 11) is 0. The Balaban J connectivity index is 1.84. The van der Waals surface area contributed by atoms with Crippen LogP contribution in [0.1, 0.15) is 57.5 Å². The first-order valence-corrected chi connectivity index (χ1v) is 11.3. The van der Waals surface area contributed by atoms with Crippen LogP contribution < -0.4 is 5.32 Å². The number of amidine groups is 1. The van der Waals surface area contributed by atoms with E-state index in [1.165, 1.54) is 4.88 Å². The number of carbonyl (C=O) groups is 2. The van der Waals surface area contributed by atoms with E-state index in [1.54, 1.807) is 11.3 Å². The van der Waals surface area contributed by atoms with E-state index < -0.39 is 0 Å². The molecule has 152 valence electrons. The van der Waals surface area contributed by atoms with Gasteiger partial charge in [-0.2, -0.15) is 0 Å². The lowest BCUT2D eigenvalue weighted by Crippen LogP contribution is -2.18. The molecular weight excluding hydrogens is 406 g/mol. The number of hydrogen-bond donors (Lipinski definition) is 2. The fourth-order valence-corrected chi connectivity index (χ4v) is 6.13. The molecule has 1 aliphatic carbocycles. The summed E-state index contributed by atoms with van der Waals surface area (Å²) in [5.74, 6) is -0.503. The van der Waals surface area contributed by atoms with Crippen molar-refractivity contribution in [2.45, 2.75) is 46.5 Å². The fourth-order valence-electron chi connectivity index (χ4n) is 3.95. The van der Waals surface area contributed by atoms with Crippen molar-refractivity contribution in [2.24, 2.45) is 0 Å². The molecule has 4 rings (SSSR count). The van der Waals surface area contributed by atoms with Gasteiger partial charge in [-0.15, -0.1) is 11.3 Å². The zero-order chi connectivity index (χ0) is 20.7. The Bertz CT molecular complexity index is 1060. The number of nitrogens with one attached hydrogen (secondary N) is 2. The van der Waals surface area contributed by atoms with Crippen LogP contribution in [0.2, 0.25) is 0 Å². The molecule has 1 amide bonds. The van der Waals surface area contributed by atoms with Gasteiger partial charge in [-0.1, -0.05) is 0 Å². The minimum Gasteiger partial charge on any atom is -0.462 e. The molecule has 6 nitrogen and oxygen atoms in total. The first-order valence-electron chi connectivity index (χ1n) is 9.71. The van der Waals surface area contributed by atoms with Crippen LogP contribution in [0.25, 0.3) is 11.1 Å². The summed E-state index contributed by atoms with van der Waals surface area (Å²) in [6.07, 6.45) is 5.97. The summed E-state index contributed by atoms with van der Waals surface area (Å²) in [6, 6.07) is 2.02. The highest BCUT2D eigenvalue weighted by Gasteiger charge is 2.29. The van der Waals surface area contributed by atoms with E-state index in [0.717, 1.165) is 65.0 Å². The number of aryl methyl sites for hydroxylation is 2. The normalized spacial score (nSPS) is 17.6. The molecule has 29 heavy (non-hydrogen) atoms. The monoisotopic (exact) mass is 429 g/mol. The second-order valence-corrected chi connectivity index (χ2v) is 9.30. The van der Waals surface area contributed by atoms with Crippen molar-refractivity contribution in [3.05, 3.63) is 43.9 Å². The van der Waals surface area contributed by atoms with Crippen molar-refractivity contribution in [2.75, 3.05) is 6.61 Å². The number of aromatic nitrogens is 1. The standard InChI is InChI=1S/C21H23N3O3S2/c1-4-27-20(26)17-14-7-5-6-8-15(14)28-19(17)24-11(2)9-13(12(24)3)10-16-18(25)23-21(22)29-16/h9-10H,4-8H2,1-3H3,(H2,22,23,25)/b16-10+. The van der Waals surface area contributed by atoms with Crippen molar-refractivity contribution in [1.29, 1.82) is 5.41 Å². The number of thiophene rings is 1. The second kappa shape index (κ2) is 7.84. The van der Waals surface area contributed by atoms with Gasteiger partial charge in [-0.3, -0.25) is 10.2 Å². The van der Waals surface area contributed by atoms with Crippen LogP contribution >= 0.6 is 23.1 Å². The number of rotatable bonds is 4. The smallest absolute Gasteiger partial charge is 0.341 e. The second-order valence-electron chi connectivity index (χ2n) is 7.17. The van der Waals surface area contributed by atoms with Crippen LogP contribution in [-0.2, 0) is 22.4 Å². The SMILES string of the molecule is CCOC(=O)c1c(-n2c(C)cc(/C=C3/SC(=N)NC3=O)c2C)sc2c1CCCC2. The predicted octanol–water partition coefficient (Wildman–Crippen LogP) is 4.35. The Labute approximate surface area is 177 Å². The van der Waals surface area contributed by atoms with E-state index in [4.69, 9.17) is 10.1 Å². The summed E-state index contributed by atoms with van der Waals surface area (Å²) in [6.45, 7) is 6.18. The van der Waals surface area contributed by atoms with Gasteiger partial charge in [0.1, 0.15) is 5.00 Å². The Kier molecular flexibility index (Phi) is 5.40. The van der Waals surface area contributed by atoms with Crippen LogP contribution in [0.5, 0.6) is 0 Å². The molecule has 0 aromatic carbocycles. The van der Waals surface area contributed by atoms with Crippen molar-refractivity contribution in [3.8, 4) is 5.00 Å². The van der Waals surface area contributed by atoms with Crippen molar-refractivity contribution >= 4 is 46.2 Å². The summed E-state index contributed by atoms with van der Waals surface area (Å²) >= 11 is 2.81. The Morgan fingerprint density at radius 2 is 2.10 bits per heavy atom. The molecule has 1 fully saturated rings. The number of esters is 1. The zero-order valence-corrected chi connectivity index (χ0v) is 18.3. The number of amides is 1. The van der Waals surface area contributed by atoms with Gasteiger partial charge in [0.05, 0.1) is 17.1 Å². The molecule has 2 aliphatic rings. The first-order chi connectivity index (χ1) is 13.9. The highest BCUT2D eigenvalue weighted by atomic mass is 32.2. The maximum atomic E-state index is 12.8. The maximum absolute atomic E-state index is 12.8. The molecule has 0 radical (unpaired) electrons. The molecule has 1 saturated heterocycles. The average molecular weight is 430 g/mol. The number of hydrogen-bond acceptors (Lipinski definition) is 6. The Morgan fingerprint density at radius 1 is 1.34 bits per heavy atom. The molecule has 0 spiro atoms. The topological polar surface area (TPSA) is 84.2 Å². The minimum absolute atomic E-state index is 0.144. The van der Waals surface area contributed by atoms with Gasteiger partial charge >= 0.3 is 5.97 Å². The number of fused-ring (bicyclic) bond motifs is 1. The van der Waals surface area contributed by atoms with Gasteiger partial charge in [0.15, 0.2) is 5.17 Å². The average Bonchev–Trinajstić information content (AvgIpc) is 3.28. The highest BCUT2D eigenvalue weighted by molar-refractivity contribution is 8.18. The van der Waals surface area contributed by atoms with E-state index in [9.17, 15) is 9.59 Å². The van der Waals surface area contributed by atoms with Crippen LogP contribution in [0, 0.1) is 19.3 Å². The number of thioether (sulfide) groups is 1. The van der Waals surface area contributed by atoms with E-state index in [-0.39, 0.29) is 17.0 Å². The summed E-state index contributed by atoms with van der Waals surface area (Å²) in [5.41, 5.74) is 4.71. The third kappa shape index (κ3) is 3.55.